The van der Waals surface area contributed by atoms with Crippen molar-refractivity contribution in [1.29, 1.82) is 0 Å². The first-order valence-electron chi connectivity index (χ1n) is 5.95. The molecule has 0 spiro atoms. The second kappa shape index (κ2) is 4.65. The Morgan fingerprint density at radius 3 is 3.00 bits per heavy atom. The van der Waals surface area contributed by atoms with Gasteiger partial charge in [0.25, 0.3) is 0 Å². The zero-order valence-electron chi connectivity index (χ0n) is 10.4. The number of hydrogen-bond donors (Lipinski definition) is 2. The highest BCUT2D eigenvalue weighted by atomic mass is 16.1. The van der Waals surface area contributed by atoms with Gasteiger partial charge in [0.15, 0.2) is 0 Å². The van der Waals surface area contributed by atoms with Gasteiger partial charge in [-0.1, -0.05) is 6.07 Å². The van der Waals surface area contributed by atoms with Crippen molar-refractivity contribution < 1.29 is 4.79 Å². The molecule has 1 atom stereocenters. The van der Waals surface area contributed by atoms with Crippen LogP contribution in [-0.4, -0.2) is 25.0 Å². The van der Waals surface area contributed by atoms with Crippen molar-refractivity contribution in [3.63, 3.8) is 0 Å². The number of benzene rings is 1. The molecule has 1 saturated heterocycles. The molecule has 1 aromatic rings. The molecule has 1 aromatic carbocycles. The number of nitrogens with two attached hydrogens (primary N) is 1. The second-order valence-electron chi connectivity index (χ2n) is 4.62. The van der Waals surface area contributed by atoms with Gasteiger partial charge in [-0.3, -0.25) is 4.79 Å². The van der Waals surface area contributed by atoms with E-state index in [1.165, 1.54) is 5.69 Å². The average Bonchev–Trinajstić information content (AvgIpc) is 2.69. The van der Waals surface area contributed by atoms with E-state index in [2.05, 4.69) is 16.3 Å². The molecule has 2 rings (SSSR count). The van der Waals surface area contributed by atoms with Gasteiger partial charge in [-0.15, -0.1) is 0 Å². The topological polar surface area (TPSA) is 58.4 Å². The molecular formula is C13H19N3O. The Bertz CT molecular complexity index is 431. The van der Waals surface area contributed by atoms with Crippen LogP contribution in [-0.2, 0) is 4.79 Å². The fourth-order valence-electron chi connectivity index (χ4n) is 2.37. The summed E-state index contributed by atoms with van der Waals surface area (Å²) in [5.41, 5.74) is 9.03. The van der Waals surface area contributed by atoms with E-state index in [1.807, 2.05) is 19.1 Å². The minimum absolute atomic E-state index is 0.0427. The Morgan fingerprint density at radius 1 is 1.53 bits per heavy atom. The van der Waals surface area contributed by atoms with Crippen LogP contribution < -0.4 is 16.0 Å². The third-order valence-corrected chi connectivity index (χ3v) is 3.28. The molecule has 3 N–H and O–H groups in total. The maximum atomic E-state index is 11.0. The number of carbonyl (C=O) groups is 1. The number of nitrogen functional groups attached to an aromatic ring is 1. The van der Waals surface area contributed by atoms with Crippen LogP contribution in [0.4, 0.5) is 11.4 Å². The molecule has 0 aliphatic carbocycles. The zero-order chi connectivity index (χ0) is 12.4. The van der Waals surface area contributed by atoms with Gasteiger partial charge in [0, 0.05) is 37.4 Å². The van der Waals surface area contributed by atoms with Crippen LogP contribution in [0.3, 0.4) is 0 Å². The third kappa shape index (κ3) is 2.52. The average molecular weight is 233 g/mol. The van der Waals surface area contributed by atoms with Crippen LogP contribution in [0.1, 0.15) is 18.9 Å². The summed E-state index contributed by atoms with van der Waals surface area (Å²) in [4.78, 5) is 13.3. The largest absolute Gasteiger partial charge is 0.398 e. The fraction of sp³-hybridized carbons (Fsp3) is 0.462. The monoisotopic (exact) mass is 233 g/mol. The van der Waals surface area contributed by atoms with Crippen molar-refractivity contribution in [2.75, 3.05) is 23.7 Å². The number of nitrogens with one attached hydrogen (secondary N) is 1. The molecule has 1 amide bonds. The van der Waals surface area contributed by atoms with Crippen molar-refractivity contribution in [3.05, 3.63) is 23.8 Å². The van der Waals surface area contributed by atoms with Crippen LogP contribution in [0, 0.1) is 6.92 Å². The highest BCUT2D eigenvalue weighted by Gasteiger charge is 2.24. The van der Waals surface area contributed by atoms with Gasteiger partial charge in [0.05, 0.1) is 0 Å². The standard InChI is InChI=1S/C13H19N3O/c1-9-12(14)4-3-5-13(9)16-7-6-11(8-16)15-10(2)17/h3-5,11H,6-8,14H2,1-2H3,(H,15,17). The maximum Gasteiger partial charge on any atom is 0.217 e. The number of hydrogen-bond acceptors (Lipinski definition) is 3. The van der Waals surface area contributed by atoms with Crippen molar-refractivity contribution in [2.45, 2.75) is 26.3 Å². The molecule has 1 aliphatic heterocycles. The minimum Gasteiger partial charge on any atom is -0.398 e. The van der Waals surface area contributed by atoms with E-state index in [9.17, 15) is 4.79 Å². The van der Waals surface area contributed by atoms with E-state index in [0.29, 0.717) is 0 Å². The summed E-state index contributed by atoms with van der Waals surface area (Å²) < 4.78 is 0. The predicted octanol–water partition coefficient (Wildman–Crippen LogP) is 1.29. The summed E-state index contributed by atoms with van der Waals surface area (Å²) in [6, 6.07) is 6.24. The molecule has 17 heavy (non-hydrogen) atoms. The Labute approximate surface area is 102 Å². The zero-order valence-corrected chi connectivity index (χ0v) is 10.4. The smallest absolute Gasteiger partial charge is 0.217 e. The molecule has 0 saturated carbocycles. The van der Waals surface area contributed by atoms with Crippen LogP contribution in [0.2, 0.25) is 0 Å². The predicted molar refractivity (Wildman–Crippen MR) is 70.0 cm³/mol. The lowest BCUT2D eigenvalue weighted by atomic mass is 10.1. The molecule has 1 aliphatic rings. The SMILES string of the molecule is CC(=O)NC1CCN(c2cccc(N)c2C)C1. The first kappa shape index (κ1) is 11.8. The van der Waals surface area contributed by atoms with Crippen LogP contribution in [0.15, 0.2) is 18.2 Å². The van der Waals surface area contributed by atoms with Gasteiger partial charge >= 0.3 is 0 Å². The van der Waals surface area contributed by atoms with E-state index >= 15 is 0 Å². The summed E-state index contributed by atoms with van der Waals surface area (Å²) in [5.74, 6) is 0.0427. The first-order valence-corrected chi connectivity index (χ1v) is 5.95. The number of carbonyl (C=O) groups excluding carboxylic acids is 1. The highest BCUT2D eigenvalue weighted by molar-refractivity contribution is 5.73. The number of amides is 1. The van der Waals surface area contributed by atoms with Gasteiger partial charge in [-0.05, 0) is 31.0 Å². The first-order chi connectivity index (χ1) is 8.08. The van der Waals surface area contributed by atoms with E-state index in [1.54, 1.807) is 6.92 Å². The van der Waals surface area contributed by atoms with Crippen LogP contribution in [0.5, 0.6) is 0 Å². The van der Waals surface area contributed by atoms with Crippen molar-refractivity contribution in [3.8, 4) is 0 Å². The van der Waals surface area contributed by atoms with Crippen molar-refractivity contribution in [2.24, 2.45) is 0 Å². The molecule has 0 aromatic heterocycles. The lowest BCUT2D eigenvalue weighted by Gasteiger charge is -2.21. The van der Waals surface area contributed by atoms with E-state index in [0.717, 1.165) is 30.8 Å². The lowest BCUT2D eigenvalue weighted by molar-refractivity contribution is -0.119. The number of anilines is 2. The Kier molecular flexibility index (Phi) is 3.22. The maximum absolute atomic E-state index is 11.0. The Balaban J connectivity index is 2.10. The third-order valence-electron chi connectivity index (χ3n) is 3.28. The van der Waals surface area contributed by atoms with E-state index < -0.39 is 0 Å². The van der Waals surface area contributed by atoms with E-state index in [-0.39, 0.29) is 11.9 Å². The fourth-order valence-corrected chi connectivity index (χ4v) is 2.37. The molecule has 4 heteroatoms. The molecule has 1 fully saturated rings. The molecular weight excluding hydrogens is 214 g/mol. The van der Waals surface area contributed by atoms with Crippen molar-refractivity contribution in [1.82, 2.24) is 5.32 Å². The second-order valence-corrected chi connectivity index (χ2v) is 4.62. The van der Waals surface area contributed by atoms with E-state index in [4.69, 9.17) is 5.73 Å². The quantitative estimate of drug-likeness (QED) is 0.757. The number of nitrogens with zero attached hydrogens (tertiary/aromatic N) is 1. The van der Waals surface area contributed by atoms with Crippen molar-refractivity contribution >= 4 is 17.3 Å². The minimum atomic E-state index is 0.0427. The molecule has 0 bridgehead atoms. The summed E-state index contributed by atoms with van der Waals surface area (Å²) in [6.45, 7) is 5.43. The lowest BCUT2D eigenvalue weighted by Crippen LogP contribution is -2.35. The summed E-state index contributed by atoms with van der Waals surface area (Å²) in [7, 11) is 0. The number of rotatable bonds is 2. The van der Waals surface area contributed by atoms with Gasteiger partial charge in [-0.25, -0.2) is 0 Å². The van der Waals surface area contributed by atoms with Gasteiger partial charge in [-0.2, -0.15) is 0 Å². The summed E-state index contributed by atoms with van der Waals surface area (Å²) >= 11 is 0. The molecule has 92 valence electrons. The summed E-state index contributed by atoms with van der Waals surface area (Å²) in [6.07, 6.45) is 0.994. The molecule has 4 nitrogen and oxygen atoms in total. The molecule has 1 unspecified atom stereocenters. The normalized spacial score (nSPS) is 19.4. The van der Waals surface area contributed by atoms with Gasteiger partial charge < -0.3 is 16.0 Å². The summed E-state index contributed by atoms with van der Waals surface area (Å²) in [5, 5.41) is 2.96. The highest BCUT2D eigenvalue weighted by Crippen LogP contribution is 2.27. The molecule has 0 radical (unpaired) electrons. The Hall–Kier alpha value is -1.71. The van der Waals surface area contributed by atoms with Crippen LogP contribution in [0.25, 0.3) is 0 Å². The molecule has 1 heterocycles. The van der Waals surface area contributed by atoms with Gasteiger partial charge in [0.2, 0.25) is 5.91 Å². The van der Waals surface area contributed by atoms with Crippen LogP contribution >= 0.6 is 0 Å². The van der Waals surface area contributed by atoms with Gasteiger partial charge in [0.1, 0.15) is 0 Å². The Morgan fingerprint density at radius 2 is 2.29 bits per heavy atom.